The molecule has 0 aliphatic carbocycles. The number of hydrogen-bond donors (Lipinski definition) is 0. The first kappa shape index (κ1) is 9.10. The molecule has 1 heterocycles. The van der Waals surface area contributed by atoms with E-state index in [9.17, 15) is 0 Å². The fraction of sp³-hybridized carbons (Fsp3) is 0.750. The van der Waals surface area contributed by atoms with Gasteiger partial charge >= 0.3 is 0 Å². The van der Waals surface area contributed by atoms with Crippen molar-refractivity contribution in [3.63, 3.8) is 0 Å². The van der Waals surface area contributed by atoms with E-state index < -0.39 is 0 Å². The Balaban J connectivity index is 2.28. The first-order valence-electron chi connectivity index (χ1n) is 4.13. The molecule has 0 unspecified atom stereocenters. The summed E-state index contributed by atoms with van der Waals surface area (Å²) >= 11 is 0. The topological polar surface area (TPSA) is 58.0 Å². The van der Waals surface area contributed by atoms with Crippen molar-refractivity contribution in [3.05, 3.63) is 23.1 Å². The zero-order valence-corrected chi connectivity index (χ0v) is 7.02. The lowest BCUT2D eigenvalue weighted by Crippen LogP contribution is -2.27. The van der Waals surface area contributed by atoms with Gasteiger partial charge in [-0.3, -0.25) is 0 Å². The maximum atomic E-state index is 8.17. The average molecular weight is 167 g/mol. The highest BCUT2D eigenvalue weighted by molar-refractivity contribution is 4.80. The van der Waals surface area contributed by atoms with Gasteiger partial charge in [0.15, 0.2) is 0 Å². The van der Waals surface area contributed by atoms with Crippen LogP contribution in [0.1, 0.15) is 19.3 Å². The molecule has 66 valence electrons. The van der Waals surface area contributed by atoms with Gasteiger partial charge in [-0.2, -0.15) is 0 Å². The Morgan fingerprint density at radius 1 is 1.67 bits per heavy atom. The van der Waals surface area contributed by atoms with Gasteiger partial charge in [-0.1, -0.05) is 11.2 Å². The Morgan fingerprint density at radius 3 is 3.00 bits per heavy atom. The fourth-order valence-corrected chi connectivity index (χ4v) is 1.33. The molecular formula is C8H13N3O. The summed E-state index contributed by atoms with van der Waals surface area (Å²) in [5, 5.41) is 3.61. The first-order chi connectivity index (χ1) is 5.86. The second-order valence-electron chi connectivity index (χ2n) is 2.92. The van der Waals surface area contributed by atoms with E-state index in [1.807, 2.05) is 6.08 Å². The number of hydrogen-bond acceptors (Lipinski definition) is 2. The Morgan fingerprint density at radius 2 is 2.50 bits per heavy atom. The van der Waals surface area contributed by atoms with E-state index >= 15 is 0 Å². The third-order valence-electron chi connectivity index (χ3n) is 1.99. The van der Waals surface area contributed by atoms with Gasteiger partial charge in [0.25, 0.3) is 0 Å². The van der Waals surface area contributed by atoms with Crippen LogP contribution in [0.3, 0.4) is 0 Å². The number of rotatable bonds is 3. The molecule has 0 radical (unpaired) electrons. The van der Waals surface area contributed by atoms with Crippen molar-refractivity contribution in [2.75, 3.05) is 6.61 Å². The molecule has 0 aromatic carbocycles. The molecule has 1 aliphatic heterocycles. The minimum Gasteiger partial charge on any atom is -0.377 e. The SMILES string of the molecule is C=CC[C@@H]1CC[C@H](N=[N+]=[N-])CO1. The van der Waals surface area contributed by atoms with Crippen LogP contribution < -0.4 is 0 Å². The number of nitrogens with zero attached hydrogens (tertiary/aromatic N) is 3. The highest BCUT2D eigenvalue weighted by atomic mass is 16.5. The quantitative estimate of drug-likeness (QED) is 0.275. The second kappa shape index (κ2) is 4.80. The molecule has 0 N–H and O–H groups in total. The van der Waals surface area contributed by atoms with Crippen LogP contribution in [0.2, 0.25) is 0 Å². The van der Waals surface area contributed by atoms with E-state index in [-0.39, 0.29) is 12.1 Å². The predicted molar refractivity (Wildman–Crippen MR) is 46.7 cm³/mol. The molecule has 0 spiro atoms. The van der Waals surface area contributed by atoms with Gasteiger partial charge in [0.1, 0.15) is 0 Å². The third-order valence-corrected chi connectivity index (χ3v) is 1.99. The summed E-state index contributed by atoms with van der Waals surface area (Å²) in [6.07, 6.45) is 4.94. The summed E-state index contributed by atoms with van der Waals surface area (Å²) in [7, 11) is 0. The van der Waals surface area contributed by atoms with E-state index in [0.717, 1.165) is 19.3 Å². The largest absolute Gasteiger partial charge is 0.377 e. The van der Waals surface area contributed by atoms with Crippen LogP contribution in [-0.2, 0) is 4.74 Å². The minimum atomic E-state index is 0.0380. The van der Waals surface area contributed by atoms with Crippen LogP contribution in [0, 0.1) is 0 Å². The normalized spacial score (nSPS) is 29.0. The van der Waals surface area contributed by atoms with Crippen molar-refractivity contribution in [2.24, 2.45) is 5.11 Å². The average Bonchev–Trinajstić information content (AvgIpc) is 2.09. The minimum absolute atomic E-state index is 0.0380. The zero-order chi connectivity index (χ0) is 8.81. The van der Waals surface area contributed by atoms with Crippen LogP contribution in [0.5, 0.6) is 0 Å². The summed E-state index contributed by atoms with van der Waals surface area (Å²) < 4.78 is 5.45. The molecule has 4 nitrogen and oxygen atoms in total. The van der Waals surface area contributed by atoms with Crippen molar-refractivity contribution >= 4 is 0 Å². The van der Waals surface area contributed by atoms with E-state index in [0.29, 0.717) is 6.61 Å². The monoisotopic (exact) mass is 167 g/mol. The zero-order valence-electron chi connectivity index (χ0n) is 7.02. The van der Waals surface area contributed by atoms with Crippen molar-refractivity contribution in [1.82, 2.24) is 0 Å². The third kappa shape index (κ3) is 2.57. The van der Waals surface area contributed by atoms with Gasteiger partial charge < -0.3 is 4.74 Å². The molecule has 0 aromatic heterocycles. The maximum absolute atomic E-state index is 8.17. The fourth-order valence-electron chi connectivity index (χ4n) is 1.33. The Hall–Kier alpha value is -0.990. The lowest BCUT2D eigenvalue weighted by Gasteiger charge is -2.25. The van der Waals surface area contributed by atoms with E-state index in [1.165, 1.54) is 0 Å². The molecule has 0 amide bonds. The van der Waals surface area contributed by atoms with Crippen LogP contribution in [0.4, 0.5) is 0 Å². The van der Waals surface area contributed by atoms with Crippen LogP contribution in [0.15, 0.2) is 17.8 Å². The standard InChI is InChI=1S/C8H13N3O/c1-2-3-8-5-4-7(6-12-8)10-11-9/h2,7-8H,1,3-6H2/t7-,8+/m0/s1. The van der Waals surface area contributed by atoms with Gasteiger partial charge in [0.2, 0.25) is 0 Å². The molecule has 0 saturated carbocycles. The molecule has 0 aromatic rings. The molecule has 1 aliphatic rings. The summed E-state index contributed by atoms with van der Waals surface area (Å²) in [4.78, 5) is 2.76. The maximum Gasteiger partial charge on any atom is 0.0609 e. The molecule has 2 atom stereocenters. The molecule has 1 fully saturated rings. The van der Waals surface area contributed by atoms with E-state index in [4.69, 9.17) is 10.3 Å². The van der Waals surface area contributed by atoms with Gasteiger partial charge in [-0.25, -0.2) is 0 Å². The number of ether oxygens (including phenoxy) is 1. The summed E-state index contributed by atoms with van der Waals surface area (Å²) in [5.41, 5.74) is 8.17. The smallest absolute Gasteiger partial charge is 0.0609 e. The first-order valence-corrected chi connectivity index (χ1v) is 4.13. The van der Waals surface area contributed by atoms with Crippen molar-refractivity contribution in [2.45, 2.75) is 31.4 Å². The van der Waals surface area contributed by atoms with Crippen LogP contribution in [0.25, 0.3) is 10.4 Å². The van der Waals surface area contributed by atoms with Crippen LogP contribution in [-0.4, -0.2) is 18.8 Å². The Kier molecular flexibility index (Phi) is 3.64. The van der Waals surface area contributed by atoms with Gasteiger partial charge in [0.05, 0.1) is 18.8 Å². The Bertz CT molecular complexity index is 190. The van der Waals surface area contributed by atoms with Crippen LogP contribution >= 0.6 is 0 Å². The van der Waals surface area contributed by atoms with Crippen molar-refractivity contribution in [3.8, 4) is 0 Å². The molecule has 0 bridgehead atoms. The molecular weight excluding hydrogens is 154 g/mol. The second-order valence-corrected chi connectivity index (χ2v) is 2.92. The van der Waals surface area contributed by atoms with Gasteiger partial charge in [-0.05, 0) is 24.8 Å². The van der Waals surface area contributed by atoms with Crippen molar-refractivity contribution in [1.29, 1.82) is 0 Å². The molecule has 4 heteroatoms. The predicted octanol–water partition coefficient (Wildman–Crippen LogP) is 2.42. The van der Waals surface area contributed by atoms with E-state index in [1.54, 1.807) is 0 Å². The highest BCUT2D eigenvalue weighted by Gasteiger charge is 2.19. The molecule has 1 rings (SSSR count). The summed E-state index contributed by atoms with van der Waals surface area (Å²) in [6, 6.07) is 0.0380. The summed E-state index contributed by atoms with van der Waals surface area (Å²) in [5.74, 6) is 0. The number of azide groups is 1. The lowest BCUT2D eigenvalue weighted by atomic mass is 10.0. The van der Waals surface area contributed by atoms with Crippen molar-refractivity contribution < 1.29 is 4.74 Å². The molecule has 12 heavy (non-hydrogen) atoms. The highest BCUT2D eigenvalue weighted by Crippen LogP contribution is 2.18. The van der Waals surface area contributed by atoms with E-state index in [2.05, 4.69) is 16.6 Å². The van der Waals surface area contributed by atoms with Gasteiger partial charge in [-0.15, -0.1) is 6.58 Å². The Labute approximate surface area is 71.8 Å². The lowest BCUT2D eigenvalue weighted by molar-refractivity contribution is 0.00781. The summed E-state index contributed by atoms with van der Waals surface area (Å²) in [6.45, 7) is 4.21. The molecule has 1 saturated heterocycles. The van der Waals surface area contributed by atoms with Gasteiger partial charge in [0, 0.05) is 4.91 Å².